The van der Waals surface area contributed by atoms with Gasteiger partial charge in [0.25, 0.3) is 0 Å². The first-order valence-corrected chi connectivity index (χ1v) is 6.80. The number of hydrogen-bond donors (Lipinski definition) is 1. The van der Waals surface area contributed by atoms with Crippen molar-refractivity contribution in [3.63, 3.8) is 0 Å². The van der Waals surface area contributed by atoms with Crippen molar-refractivity contribution in [3.05, 3.63) is 0 Å². The van der Waals surface area contributed by atoms with Gasteiger partial charge in [-0.15, -0.1) is 0 Å². The van der Waals surface area contributed by atoms with Gasteiger partial charge in [0.2, 0.25) is 5.91 Å². The Hall–Kier alpha value is -0.610. The molecule has 0 aromatic heterocycles. The first kappa shape index (κ1) is 12.8. The SMILES string of the molecule is CC(C)N(C)CCN1CNC2(CCCC2)C1=O. The van der Waals surface area contributed by atoms with E-state index in [1.807, 2.05) is 4.90 Å². The van der Waals surface area contributed by atoms with E-state index in [1.54, 1.807) is 0 Å². The third-order valence-electron chi connectivity index (χ3n) is 4.37. The van der Waals surface area contributed by atoms with Crippen LogP contribution in [-0.2, 0) is 4.79 Å². The van der Waals surface area contributed by atoms with Gasteiger partial charge in [0.1, 0.15) is 0 Å². The quantitative estimate of drug-likeness (QED) is 0.796. The Kier molecular flexibility index (Phi) is 3.73. The smallest absolute Gasteiger partial charge is 0.244 e. The van der Waals surface area contributed by atoms with Crippen LogP contribution in [0.5, 0.6) is 0 Å². The fraction of sp³-hybridized carbons (Fsp3) is 0.923. The number of nitrogens with zero attached hydrogens (tertiary/aromatic N) is 2. The van der Waals surface area contributed by atoms with Crippen LogP contribution in [0.2, 0.25) is 0 Å². The highest BCUT2D eigenvalue weighted by Gasteiger charge is 2.47. The lowest BCUT2D eigenvalue weighted by atomic mass is 9.98. The molecule has 2 fully saturated rings. The van der Waals surface area contributed by atoms with E-state index < -0.39 is 0 Å². The summed E-state index contributed by atoms with van der Waals surface area (Å²) in [5.41, 5.74) is -0.184. The third-order valence-corrected chi connectivity index (χ3v) is 4.37. The Balaban J connectivity index is 1.86. The molecule has 0 bridgehead atoms. The summed E-state index contributed by atoms with van der Waals surface area (Å²) in [5, 5.41) is 3.44. The maximum atomic E-state index is 12.4. The lowest BCUT2D eigenvalue weighted by molar-refractivity contribution is -0.132. The second-order valence-electron chi connectivity index (χ2n) is 5.77. The molecule has 1 aliphatic heterocycles. The van der Waals surface area contributed by atoms with Crippen molar-refractivity contribution >= 4 is 5.91 Å². The highest BCUT2D eigenvalue weighted by molar-refractivity contribution is 5.88. The van der Waals surface area contributed by atoms with Crippen LogP contribution in [-0.4, -0.2) is 54.1 Å². The van der Waals surface area contributed by atoms with Gasteiger partial charge in [-0.3, -0.25) is 10.1 Å². The minimum absolute atomic E-state index is 0.184. The number of rotatable bonds is 4. The van der Waals surface area contributed by atoms with Gasteiger partial charge < -0.3 is 9.80 Å². The van der Waals surface area contributed by atoms with Crippen LogP contribution in [0.15, 0.2) is 0 Å². The third kappa shape index (κ3) is 2.47. The predicted octanol–water partition coefficient (Wildman–Crippen LogP) is 1.03. The van der Waals surface area contributed by atoms with Crippen molar-refractivity contribution in [1.82, 2.24) is 15.1 Å². The predicted molar refractivity (Wildman–Crippen MR) is 68.7 cm³/mol. The molecule has 1 saturated heterocycles. The molecule has 0 unspecified atom stereocenters. The van der Waals surface area contributed by atoms with E-state index in [4.69, 9.17) is 0 Å². The molecule has 1 aliphatic carbocycles. The molecule has 1 spiro atoms. The Labute approximate surface area is 104 Å². The van der Waals surface area contributed by atoms with Crippen LogP contribution < -0.4 is 5.32 Å². The van der Waals surface area contributed by atoms with Gasteiger partial charge >= 0.3 is 0 Å². The van der Waals surface area contributed by atoms with Gasteiger partial charge in [-0.1, -0.05) is 12.8 Å². The summed E-state index contributed by atoms with van der Waals surface area (Å²) < 4.78 is 0. The molecular weight excluding hydrogens is 214 g/mol. The molecule has 1 amide bonds. The summed E-state index contributed by atoms with van der Waals surface area (Å²) in [5.74, 6) is 0.340. The van der Waals surface area contributed by atoms with Gasteiger partial charge in [-0.2, -0.15) is 0 Å². The summed E-state index contributed by atoms with van der Waals surface area (Å²) in [6.07, 6.45) is 4.45. The van der Waals surface area contributed by atoms with Crippen LogP contribution in [0.3, 0.4) is 0 Å². The standard InChI is InChI=1S/C13H25N3O/c1-11(2)15(3)8-9-16-10-14-13(12(16)17)6-4-5-7-13/h11,14H,4-10H2,1-3H3. The fourth-order valence-electron chi connectivity index (χ4n) is 2.78. The maximum absolute atomic E-state index is 12.4. The topological polar surface area (TPSA) is 35.6 Å². The van der Waals surface area contributed by atoms with E-state index in [0.717, 1.165) is 32.6 Å². The van der Waals surface area contributed by atoms with Gasteiger partial charge in [-0.25, -0.2) is 0 Å². The van der Waals surface area contributed by atoms with Crippen molar-refractivity contribution in [2.24, 2.45) is 0 Å². The average molecular weight is 239 g/mol. The highest BCUT2D eigenvalue weighted by Crippen LogP contribution is 2.34. The van der Waals surface area contributed by atoms with Crippen LogP contribution in [0.4, 0.5) is 0 Å². The zero-order valence-corrected chi connectivity index (χ0v) is 11.3. The molecule has 1 N–H and O–H groups in total. The Bertz CT molecular complexity index is 284. The number of carbonyl (C=O) groups excluding carboxylic acids is 1. The summed E-state index contributed by atoms with van der Waals surface area (Å²) in [4.78, 5) is 16.6. The minimum atomic E-state index is -0.184. The molecular formula is C13H25N3O. The molecule has 4 heteroatoms. The molecule has 98 valence electrons. The van der Waals surface area contributed by atoms with E-state index in [9.17, 15) is 4.79 Å². The number of carbonyl (C=O) groups is 1. The molecule has 4 nitrogen and oxygen atoms in total. The summed E-state index contributed by atoms with van der Waals surface area (Å²) >= 11 is 0. The van der Waals surface area contributed by atoms with E-state index in [1.165, 1.54) is 12.8 Å². The number of hydrogen-bond acceptors (Lipinski definition) is 3. The zero-order valence-electron chi connectivity index (χ0n) is 11.3. The molecule has 1 saturated carbocycles. The summed E-state index contributed by atoms with van der Waals surface area (Å²) in [7, 11) is 2.12. The van der Waals surface area contributed by atoms with E-state index >= 15 is 0 Å². The van der Waals surface area contributed by atoms with Gasteiger partial charge in [-0.05, 0) is 33.7 Å². The van der Waals surface area contributed by atoms with E-state index in [2.05, 4.69) is 31.1 Å². The van der Waals surface area contributed by atoms with Gasteiger partial charge in [0, 0.05) is 19.1 Å². The average Bonchev–Trinajstić information content (AvgIpc) is 2.88. The first-order chi connectivity index (χ1) is 8.05. The lowest BCUT2D eigenvalue weighted by Crippen LogP contribution is -2.44. The number of nitrogens with one attached hydrogen (secondary N) is 1. The van der Waals surface area contributed by atoms with Crippen LogP contribution in [0.1, 0.15) is 39.5 Å². The van der Waals surface area contributed by atoms with Crippen molar-refractivity contribution in [3.8, 4) is 0 Å². The number of likely N-dealkylation sites (N-methyl/N-ethyl adjacent to an activating group) is 1. The van der Waals surface area contributed by atoms with Crippen molar-refractivity contribution < 1.29 is 4.79 Å². The monoisotopic (exact) mass is 239 g/mol. The Morgan fingerprint density at radius 1 is 1.41 bits per heavy atom. The van der Waals surface area contributed by atoms with Crippen LogP contribution in [0.25, 0.3) is 0 Å². The molecule has 0 aromatic carbocycles. The van der Waals surface area contributed by atoms with Gasteiger partial charge in [0.05, 0.1) is 12.2 Å². The van der Waals surface area contributed by atoms with Gasteiger partial charge in [0.15, 0.2) is 0 Å². The molecule has 2 rings (SSSR count). The minimum Gasteiger partial charge on any atom is -0.327 e. The van der Waals surface area contributed by atoms with Crippen molar-refractivity contribution in [2.75, 3.05) is 26.8 Å². The lowest BCUT2D eigenvalue weighted by Gasteiger charge is -2.25. The Morgan fingerprint density at radius 3 is 2.65 bits per heavy atom. The van der Waals surface area contributed by atoms with E-state index in [-0.39, 0.29) is 5.54 Å². The fourth-order valence-corrected chi connectivity index (χ4v) is 2.78. The molecule has 0 atom stereocenters. The largest absolute Gasteiger partial charge is 0.327 e. The zero-order chi connectivity index (χ0) is 12.5. The van der Waals surface area contributed by atoms with Crippen molar-refractivity contribution in [2.45, 2.75) is 51.1 Å². The molecule has 1 heterocycles. The van der Waals surface area contributed by atoms with E-state index in [0.29, 0.717) is 11.9 Å². The van der Waals surface area contributed by atoms with Crippen molar-refractivity contribution in [1.29, 1.82) is 0 Å². The normalized spacial score (nSPS) is 23.6. The number of amides is 1. The van der Waals surface area contributed by atoms with Crippen LogP contribution in [0, 0.1) is 0 Å². The summed E-state index contributed by atoms with van der Waals surface area (Å²) in [6.45, 7) is 6.92. The first-order valence-electron chi connectivity index (χ1n) is 6.80. The second-order valence-corrected chi connectivity index (χ2v) is 5.77. The molecule has 0 radical (unpaired) electrons. The van der Waals surface area contributed by atoms with Crippen LogP contribution >= 0.6 is 0 Å². The molecule has 17 heavy (non-hydrogen) atoms. The summed E-state index contributed by atoms with van der Waals surface area (Å²) in [6, 6.07) is 0.543. The molecule has 0 aromatic rings. The second kappa shape index (κ2) is 4.94. The molecule has 2 aliphatic rings. The Morgan fingerprint density at radius 2 is 2.06 bits per heavy atom. The maximum Gasteiger partial charge on any atom is 0.244 e. The highest BCUT2D eigenvalue weighted by atomic mass is 16.2.